The number of carbonyl (C=O) groups excluding carboxylic acids is 19. The Morgan fingerprint density at radius 2 is 1.09 bits per heavy atom. The molecule has 0 unspecified atom stereocenters. The summed E-state index contributed by atoms with van der Waals surface area (Å²) in [5.74, 6) is -15.4. The van der Waals surface area contributed by atoms with Crippen molar-refractivity contribution in [1.29, 1.82) is 0 Å². The van der Waals surface area contributed by atoms with E-state index in [2.05, 4.69) is 95.8 Å². The number of phenolic OH excluding ortho intramolecular Hbond substituents is 1. The first-order valence-corrected chi connectivity index (χ1v) is 51.5. The number of aliphatic hydroxyl groups is 1. The van der Waals surface area contributed by atoms with Crippen LogP contribution in [0.1, 0.15) is 249 Å². The number of rotatable bonds is 50. The van der Waals surface area contributed by atoms with Crippen LogP contribution in [0.3, 0.4) is 0 Å². The van der Waals surface area contributed by atoms with Crippen LogP contribution in [0.15, 0.2) is 97.2 Å². The van der Waals surface area contributed by atoms with Gasteiger partial charge in [-0.05, 0) is 200 Å². The number of ketones is 10. The zero-order valence-corrected chi connectivity index (χ0v) is 89.0. The van der Waals surface area contributed by atoms with E-state index in [-0.39, 0.29) is 150 Å². The zero-order valence-electron chi connectivity index (χ0n) is 89.0. The Labute approximate surface area is 872 Å². The number of aromatic nitrogens is 1. The number of aliphatic carboxylic acids is 1. The van der Waals surface area contributed by atoms with Crippen molar-refractivity contribution in [2.75, 3.05) is 39.3 Å². The number of hydrogen-bond donors (Lipinski definition) is 23. The van der Waals surface area contributed by atoms with Crippen molar-refractivity contribution >= 4 is 128 Å². The number of nitrogens with two attached hydrogens (primary N) is 2. The summed E-state index contributed by atoms with van der Waals surface area (Å²) in [4.78, 5) is 282. The molecule has 1 aliphatic rings. The normalized spacial score (nSPS) is 21.4. The molecule has 0 aliphatic carbocycles. The summed E-state index contributed by atoms with van der Waals surface area (Å²) < 4.78 is 0. The van der Waals surface area contributed by atoms with Gasteiger partial charge in [0.2, 0.25) is 64.7 Å². The summed E-state index contributed by atoms with van der Waals surface area (Å²) in [5.41, 5.74) is 19.7. The van der Waals surface area contributed by atoms with E-state index in [4.69, 9.17) is 11.5 Å². The fourth-order valence-corrected chi connectivity index (χ4v) is 16.6. The summed E-state index contributed by atoms with van der Waals surface area (Å²) in [6.45, 7) is 24.2. The lowest BCUT2D eigenvalue weighted by atomic mass is 9.84. The zero-order chi connectivity index (χ0) is 111. The number of nitrogens with one attached hydrogen (secondary N) is 18. The van der Waals surface area contributed by atoms with Crippen LogP contribution in [0, 0.1) is 11.8 Å². The number of para-hydroxylation sites is 1. The molecule has 2 heterocycles. The number of primary amides is 2. The third kappa shape index (κ3) is 45.2. The molecule has 43 nitrogen and oxygen atoms in total. The highest BCUT2D eigenvalue weighted by Gasteiger charge is 2.46. The van der Waals surface area contributed by atoms with Crippen molar-refractivity contribution in [3.05, 3.63) is 114 Å². The van der Waals surface area contributed by atoms with Gasteiger partial charge < -0.3 is 95.6 Å². The number of H-pyrrole nitrogens is 1. The lowest BCUT2D eigenvalue weighted by Gasteiger charge is -2.33. The molecular weight excluding hydrogens is 1920 g/mol. The van der Waals surface area contributed by atoms with Crippen LogP contribution in [0.25, 0.3) is 10.9 Å². The summed E-state index contributed by atoms with van der Waals surface area (Å²) in [6, 6.07) is 4.17. The number of aliphatic hydroxyl groups excluding tert-OH is 1. The van der Waals surface area contributed by atoms with Crippen LogP contribution < -0.4 is 102 Å². The molecule has 0 bridgehead atoms. The van der Waals surface area contributed by atoms with E-state index in [0.29, 0.717) is 66.1 Å². The summed E-state index contributed by atoms with van der Waals surface area (Å²) in [7, 11) is 0. The minimum Gasteiger partial charge on any atom is -0.508 e. The Morgan fingerprint density at radius 1 is 0.530 bits per heavy atom. The lowest BCUT2D eigenvalue weighted by molar-refractivity contribution is -0.145. The number of fused-ring (bicyclic) bond motifs is 1. The molecule has 3 aromatic carbocycles. The molecule has 4 aromatic rings. The monoisotopic (exact) mass is 2080 g/mol. The van der Waals surface area contributed by atoms with E-state index in [1.54, 1.807) is 123 Å². The number of carboxylic acid groups (broad SMARTS) is 1. The SMILES string of the molecule is CC(=O)N[C@@H](CC(C)C)C(=O)N[C@H](C(=O)N[C@@H](Cc1ccccc1)C(=O)N[C@]1(C)CCCCCCC=CCCC[C@@](C)(C(=O)CN[C@@H](C)C(=O)CCN[C@@H](C)C(=O)CCN[C@@H](C)C(=O)CCN[C@@H](C)C(=O)CNC(C)(C)C(=O)N[C@H](C)C(N)=O)NC(=O)[C@H](CC(C)C)NN[C@@H](CCC(N)=O)C(=O)CN[C@@H](C)C(=O)CC(=O)[C@H](Cc2c[nH]c3ccccc23)NN[C@@H](Cc2ccc(O)cc2)C(=O)N[C@@H](CCC(=O)O)C(=O)C1=O)[C@@H](C)O. The fraction of sp³-hybridized carbons (Fsp3) is 0.604. The molecule has 0 spiro atoms. The van der Waals surface area contributed by atoms with Crippen molar-refractivity contribution < 1.29 is 111 Å². The fourth-order valence-electron chi connectivity index (χ4n) is 16.6. The first kappa shape index (κ1) is 127. The molecule has 25 N–H and O–H groups in total. The lowest BCUT2D eigenvalue weighted by Crippen LogP contribution is -2.64. The van der Waals surface area contributed by atoms with E-state index < -0.39 is 233 Å². The quantitative estimate of drug-likeness (QED) is 0.0169. The molecule has 0 fully saturated rings. The van der Waals surface area contributed by atoms with Crippen LogP contribution in [0.4, 0.5) is 0 Å². The van der Waals surface area contributed by atoms with E-state index >= 15 is 24.0 Å². The Morgan fingerprint density at radius 3 is 1.68 bits per heavy atom. The van der Waals surface area contributed by atoms with Crippen molar-refractivity contribution in [2.45, 2.75) is 359 Å². The van der Waals surface area contributed by atoms with E-state index in [0.717, 1.165) is 0 Å². The van der Waals surface area contributed by atoms with Gasteiger partial charge in [-0.25, -0.2) is 21.7 Å². The molecule has 0 radical (unpaired) electrons. The average Bonchev–Trinajstić information content (AvgIpc) is 1.44. The number of benzene rings is 3. The number of carbonyl (C=O) groups is 20. The molecule has 149 heavy (non-hydrogen) atoms. The van der Waals surface area contributed by atoms with E-state index in [1.807, 2.05) is 26.0 Å². The number of carboxylic acids is 1. The highest BCUT2D eigenvalue weighted by atomic mass is 16.4. The molecule has 824 valence electrons. The van der Waals surface area contributed by atoms with Gasteiger partial charge >= 0.3 is 5.97 Å². The molecule has 9 amide bonds. The summed E-state index contributed by atoms with van der Waals surface area (Å²) in [6.07, 6.45) is 3.09. The smallest absolute Gasteiger partial charge is 0.303 e. The number of allylic oxidation sites excluding steroid dienone is 2. The maximum Gasteiger partial charge on any atom is 0.303 e. The number of aromatic hydroxyl groups is 1. The van der Waals surface area contributed by atoms with Gasteiger partial charge in [0.25, 0.3) is 0 Å². The van der Waals surface area contributed by atoms with Crippen molar-refractivity contribution in [2.24, 2.45) is 23.3 Å². The second-order valence-corrected chi connectivity index (χ2v) is 40.8. The second kappa shape index (κ2) is 63.6. The first-order chi connectivity index (χ1) is 70.1. The standard InChI is InChI=1S/C106H162N20O23/c1-61(2)51-80(117-70(12)128)98(144)120-94(69(11)127)102(148)119-81(53-71-31-25-24-26-32-71)100(146)122-106(16)47-30-23-21-19-17-18-20-22-29-46-105(15,91(137)60-113-65(7)86(132)45-49-110-63(5)84(130)43-48-109-64(6)85(131)44-50-111-67(9)89(135)59-115-104(13,14)103(149)116-68(10)97(108)143)121-101(147)82(52-62(3)4)125-123-77(39-41-92(107)138)90(136)58-112-66(8)87(133)56-88(134)79(55-73-57-114-76-34-28-27-33-75(73)76)124-126-83(54-72-35-37-74(129)38-36-72)99(145)118-78(40-42-93(139)140)95(141)96(106)142/h18,20,24-28,31-38,57,61-69,77-83,94,109-115,123-127,129H,17,19,21-23,29-30,39-56,58-60H2,1-16H3,(H2,107,138)(H2,108,143)(H,116,149)(H,117,128)(H,118,145)(H,119,148)(H,120,144)(H,121,147)(H,122,146)(H,139,140)/t63-,64-,65-,66-,67-,68+,69+,77-,78-,79-,80-,81-,82-,83-,94-,105-,106+/m0/s1. The van der Waals surface area contributed by atoms with Crippen LogP contribution in [0.5, 0.6) is 5.75 Å². The van der Waals surface area contributed by atoms with E-state index in [1.165, 1.54) is 58.9 Å². The van der Waals surface area contributed by atoms with Crippen molar-refractivity contribution in [3.8, 4) is 5.75 Å². The van der Waals surface area contributed by atoms with Gasteiger partial charge in [0.15, 0.2) is 46.3 Å². The van der Waals surface area contributed by atoms with Crippen molar-refractivity contribution in [1.82, 2.24) is 95.8 Å². The van der Waals surface area contributed by atoms with Gasteiger partial charge in [-0.1, -0.05) is 120 Å². The van der Waals surface area contributed by atoms with E-state index in [9.17, 15) is 87.2 Å². The molecule has 1 aromatic heterocycles. The van der Waals surface area contributed by atoms with Gasteiger partial charge in [0.1, 0.15) is 47.5 Å². The van der Waals surface area contributed by atoms with Crippen LogP contribution in [0.2, 0.25) is 0 Å². The molecule has 43 heteroatoms. The van der Waals surface area contributed by atoms with Gasteiger partial charge in [0.05, 0.1) is 91.6 Å². The molecule has 5 rings (SSSR count). The van der Waals surface area contributed by atoms with Gasteiger partial charge in [-0.15, -0.1) is 0 Å². The minimum atomic E-state index is -2.24. The Balaban J connectivity index is 1.46. The molecule has 0 saturated heterocycles. The number of phenols is 1. The van der Waals surface area contributed by atoms with Gasteiger partial charge in [-0.3, -0.25) is 101 Å². The number of Topliss-reactive ketones (excluding diaryl/α,β-unsaturated/α-hetero) is 10. The summed E-state index contributed by atoms with van der Waals surface area (Å²) in [5, 5.41) is 68.9. The van der Waals surface area contributed by atoms with Gasteiger partial charge in [-0.2, -0.15) is 0 Å². The minimum absolute atomic E-state index is 0.0342. The molecule has 1 aliphatic heterocycles. The number of aromatic amines is 1. The van der Waals surface area contributed by atoms with Crippen LogP contribution >= 0.6 is 0 Å². The first-order valence-electron chi connectivity index (χ1n) is 51.5. The van der Waals surface area contributed by atoms with Gasteiger partial charge in [0, 0.05) is 82.2 Å². The predicted octanol–water partition coefficient (Wildman–Crippen LogP) is 1.46. The predicted molar refractivity (Wildman–Crippen MR) is 559 cm³/mol. The summed E-state index contributed by atoms with van der Waals surface area (Å²) >= 11 is 0. The average molecular weight is 2080 g/mol. The highest BCUT2D eigenvalue weighted by molar-refractivity contribution is 6.43. The number of hydrazine groups is 2. The maximum absolute atomic E-state index is 15.7. The number of amides is 9. The highest BCUT2D eigenvalue weighted by Crippen LogP contribution is 2.26. The van der Waals surface area contributed by atoms with Crippen LogP contribution in [-0.4, -0.2) is 284 Å². The maximum atomic E-state index is 15.7. The Bertz CT molecular complexity index is 5220. The molecule has 0 saturated carbocycles. The third-order valence-electron chi connectivity index (χ3n) is 26.4. The Kier molecular flexibility index (Phi) is 54.3. The largest absolute Gasteiger partial charge is 0.508 e. The topological polar surface area (TPSA) is 674 Å². The van der Waals surface area contributed by atoms with Crippen molar-refractivity contribution in [3.63, 3.8) is 0 Å². The third-order valence-corrected chi connectivity index (χ3v) is 26.4. The molecular formula is C106H162N20O23. The molecule has 17 atom stereocenters. The second-order valence-electron chi connectivity index (χ2n) is 40.8. The van der Waals surface area contributed by atoms with Crippen LogP contribution in [-0.2, 0) is 115 Å². The Hall–Kier alpha value is -12.3. The number of hydrogen-bond acceptors (Lipinski definition) is 32.